The highest BCUT2D eigenvalue weighted by Gasteiger charge is 2.27. The zero-order valence-corrected chi connectivity index (χ0v) is 26.0. The third-order valence-corrected chi connectivity index (χ3v) is 7.98. The van der Waals surface area contributed by atoms with Gasteiger partial charge in [0, 0.05) is 44.2 Å². The van der Waals surface area contributed by atoms with Gasteiger partial charge in [-0.25, -0.2) is 0 Å². The number of methoxy groups -OCH3 is 2. The molecule has 6 nitrogen and oxygen atoms in total. The molecular weight excluding hydrogens is 526 g/mol. The van der Waals surface area contributed by atoms with Crippen LogP contribution in [-0.2, 0) is 22.5 Å². The molecule has 1 amide bonds. The number of carbonyl (C=O) groups excluding carboxylic acids is 1. The molecule has 0 spiro atoms. The SMILES string of the molecule is COCCCOc1cc(C[C@@H](CCC(CO)C[C@H](C(=O)NCc2ccc(Cl)cc2)C(C)C)C(C)C)ccc1OC. The van der Waals surface area contributed by atoms with Crippen molar-refractivity contribution in [1.82, 2.24) is 5.32 Å². The summed E-state index contributed by atoms with van der Waals surface area (Å²) in [5.41, 5.74) is 2.23. The van der Waals surface area contributed by atoms with Crippen molar-refractivity contribution in [3.8, 4) is 11.5 Å². The molecule has 0 radical (unpaired) electrons. The van der Waals surface area contributed by atoms with Crippen molar-refractivity contribution in [2.45, 2.75) is 66.3 Å². The Kier molecular flexibility index (Phi) is 15.4. The average molecular weight is 576 g/mol. The molecule has 2 rings (SSSR count). The lowest BCUT2D eigenvalue weighted by molar-refractivity contribution is -0.127. The summed E-state index contributed by atoms with van der Waals surface area (Å²) in [6, 6.07) is 13.7. The zero-order chi connectivity index (χ0) is 29.5. The fraction of sp³-hybridized carbons (Fsp3) is 0.606. The predicted molar refractivity (Wildman–Crippen MR) is 163 cm³/mol. The Labute approximate surface area is 246 Å². The second-order valence-electron chi connectivity index (χ2n) is 11.4. The third-order valence-electron chi connectivity index (χ3n) is 7.73. The molecule has 0 fully saturated rings. The quantitative estimate of drug-likeness (QED) is 0.177. The van der Waals surface area contributed by atoms with E-state index in [1.165, 1.54) is 5.56 Å². The molecule has 224 valence electrons. The standard InChI is InChI=1S/C33H50ClNO5/c1-23(2)28(18-26-11-15-31(39-6)32(20-26)40-17-7-16-38-5)12-8-27(22-36)19-30(24(3)4)33(37)35-21-25-9-13-29(34)14-10-25/h9-11,13-15,20,23-24,27-28,30,36H,7-8,12,16-19,21-22H2,1-6H3,(H,35,37)/t27?,28-,30+/m1/s1. The molecule has 2 aromatic rings. The summed E-state index contributed by atoms with van der Waals surface area (Å²) in [5.74, 6) is 2.57. The number of nitrogens with one attached hydrogen (secondary N) is 1. The van der Waals surface area contributed by atoms with Crippen LogP contribution in [0.15, 0.2) is 42.5 Å². The molecule has 7 heteroatoms. The van der Waals surface area contributed by atoms with E-state index in [1.807, 2.05) is 30.3 Å². The number of hydrogen-bond donors (Lipinski definition) is 2. The first kappa shape index (κ1) is 33.9. The maximum atomic E-state index is 13.1. The van der Waals surface area contributed by atoms with Crippen molar-refractivity contribution < 1.29 is 24.1 Å². The summed E-state index contributed by atoms with van der Waals surface area (Å²) in [5, 5.41) is 14.0. The molecule has 0 aliphatic carbocycles. The lowest BCUT2D eigenvalue weighted by atomic mass is 9.80. The van der Waals surface area contributed by atoms with Crippen LogP contribution >= 0.6 is 11.6 Å². The summed E-state index contributed by atoms with van der Waals surface area (Å²) in [4.78, 5) is 13.1. The molecule has 0 aliphatic rings. The van der Waals surface area contributed by atoms with Gasteiger partial charge in [0.05, 0.1) is 13.7 Å². The molecule has 0 aliphatic heterocycles. The second-order valence-corrected chi connectivity index (χ2v) is 11.9. The number of rotatable bonds is 19. The Balaban J connectivity index is 1.98. The summed E-state index contributed by atoms with van der Waals surface area (Å²) < 4.78 is 16.6. The molecule has 3 atom stereocenters. The van der Waals surface area contributed by atoms with E-state index in [0.29, 0.717) is 43.0 Å². The van der Waals surface area contributed by atoms with E-state index in [4.69, 9.17) is 25.8 Å². The van der Waals surface area contributed by atoms with Crippen molar-refractivity contribution in [1.29, 1.82) is 0 Å². The molecule has 0 heterocycles. The van der Waals surface area contributed by atoms with Gasteiger partial charge in [0.1, 0.15) is 0 Å². The van der Waals surface area contributed by atoms with E-state index in [2.05, 4.69) is 45.1 Å². The van der Waals surface area contributed by atoms with Gasteiger partial charge in [0.15, 0.2) is 11.5 Å². The van der Waals surface area contributed by atoms with Gasteiger partial charge < -0.3 is 24.6 Å². The van der Waals surface area contributed by atoms with E-state index in [-0.39, 0.29) is 30.3 Å². The van der Waals surface area contributed by atoms with Gasteiger partial charge in [0.2, 0.25) is 5.91 Å². The number of aliphatic hydroxyl groups is 1. The van der Waals surface area contributed by atoms with E-state index in [1.54, 1.807) is 14.2 Å². The van der Waals surface area contributed by atoms with Crippen molar-refractivity contribution in [2.75, 3.05) is 34.0 Å². The number of carbonyl (C=O) groups is 1. The normalized spacial score (nSPS) is 13.8. The molecule has 0 saturated heterocycles. The lowest BCUT2D eigenvalue weighted by Crippen LogP contribution is -2.35. The number of halogens is 1. The smallest absolute Gasteiger partial charge is 0.223 e. The minimum Gasteiger partial charge on any atom is -0.493 e. The number of hydrogen-bond acceptors (Lipinski definition) is 5. The minimum absolute atomic E-state index is 0.0417. The van der Waals surface area contributed by atoms with Gasteiger partial charge in [0.25, 0.3) is 0 Å². The fourth-order valence-corrected chi connectivity index (χ4v) is 5.14. The highest BCUT2D eigenvalue weighted by atomic mass is 35.5. The maximum Gasteiger partial charge on any atom is 0.223 e. The lowest BCUT2D eigenvalue weighted by Gasteiger charge is -2.27. The van der Waals surface area contributed by atoms with E-state index in [0.717, 1.165) is 42.7 Å². The monoisotopic (exact) mass is 575 g/mol. The van der Waals surface area contributed by atoms with Crippen molar-refractivity contribution in [3.05, 3.63) is 58.6 Å². The fourth-order valence-electron chi connectivity index (χ4n) is 5.02. The molecule has 2 aromatic carbocycles. The summed E-state index contributed by atoms with van der Waals surface area (Å²) in [6.07, 6.45) is 4.27. The van der Waals surface area contributed by atoms with Gasteiger partial charge in [-0.3, -0.25) is 4.79 Å². The largest absolute Gasteiger partial charge is 0.493 e. The number of amides is 1. The van der Waals surface area contributed by atoms with Gasteiger partial charge in [-0.15, -0.1) is 0 Å². The first-order chi connectivity index (χ1) is 19.2. The van der Waals surface area contributed by atoms with E-state index < -0.39 is 0 Å². The molecule has 2 N–H and O–H groups in total. The first-order valence-electron chi connectivity index (χ1n) is 14.6. The Morgan fingerprint density at radius 3 is 2.23 bits per heavy atom. The molecule has 40 heavy (non-hydrogen) atoms. The van der Waals surface area contributed by atoms with Crippen LogP contribution < -0.4 is 14.8 Å². The molecule has 0 bridgehead atoms. The van der Waals surface area contributed by atoms with Crippen LogP contribution in [0.2, 0.25) is 5.02 Å². The molecule has 0 saturated carbocycles. The Morgan fingerprint density at radius 1 is 0.925 bits per heavy atom. The van der Waals surface area contributed by atoms with Crippen LogP contribution in [0.1, 0.15) is 64.5 Å². The Hall–Kier alpha value is -2.28. The average Bonchev–Trinajstić information content (AvgIpc) is 2.94. The molecule has 0 aromatic heterocycles. The van der Waals surface area contributed by atoms with Crippen molar-refractivity contribution >= 4 is 17.5 Å². The highest BCUT2D eigenvalue weighted by Crippen LogP contribution is 2.32. The summed E-state index contributed by atoms with van der Waals surface area (Å²) >= 11 is 5.98. The third kappa shape index (κ3) is 11.7. The predicted octanol–water partition coefficient (Wildman–Crippen LogP) is 6.95. The van der Waals surface area contributed by atoms with Crippen LogP contribution in [-0.4, -0.2) is 45.1 Å². The van der Waals surface area contributed by atoms with Crippen molar-refractivity contribution in [3.63, 3.8) is 0 Å². The van der Waals surface area contributed by atoms with Crippen molar-refractivity contribution in [2.24, 2.45) is 29.6 Å². The Morgan fingerprint density at radius 2 is 1.62 bits per heavy atom. The topological polar surface area (TPSA) is 77.0 Å². The minimum atomic E-state index is -0.152. The second kappa shape index (κ2) is 18.2. The van der Waals surface area contributed by atoms with E-state index >= 15 is 0 Å². The summed E-state index contributed by atoms with van der Waals surface area (Å²) in [6.45, 7) is 10.5. The first-order valence-corrected chi connectivity index (χ1v) is 15.0. The zero-order valence-electron chi connectivity index (χ0n) is 25.3. The Bertz CT molecular complexity index is 995. The number of ether oxygens (including phenoxy) is 3. The summed E-state index contributed by atoms with van der Waals surface area (Å²) in [7, 11) is 3.35. The molecule has 1 unspecified atom stereocenters. The molecular formula is C33H50ClNO5. The van der Waals surface area contributed by atoms with Gasteiger partial charge in [-0.1, -0.05) is 57.5 Å². The van der Waals surface area contributed by atoms with Crippen LogP contribution in [0.25, 0.3) is 0 Å². The maximum absolute atomic E-state index is 13.1. The van der Waals surface area contributed by atoms with Crippen LogP contribution in [0.4, 0.5) is 0 Å². The van der Waals surface area contributed by atoms with Crippen LogP contribution in [0.5, 0.6) is 11.5 Å². The van der Waals surface area contributed by atoms with Gasteiger partial charge in [-0.2, -0.15) is 0 Å². The highest BCUT2D eigenvalue weighted by molar-refractivity contribution is 6.30. The number of aliphatic hydroxyl groups excluding tert-OH is 1. The van der Waals surface area contributed by atoms with Gasteiger partial charge >= 0.3 is 0 Å². The van der Waals surface area contributed by atoms with Gasteiger partial charge in [-0.05, 0) is 84.7 Å². The van der Waals surface area contributed by atoms with E-state index in [9.17, 15) is 9.90 Å². The number of benzene rings is 2. The van der Waals surface area contributed by atoms with Crippen LogP contribution in [0.3, 0.4) is 0 Å². The van der Waals surface area contributed by atoms with Crippen LogP contribution in [0, 0.1) is 29.6 Å².